The van der Waals surface area contributed by atoms with E-state index in [1.165, 1.54) is 26.2 Å². The van der Waals surface area contributed by atoms with Crippen molar-refractivity contribution in [2.24, 2.45) is 0 Å². The van der Waals surface area contributed by atoms with Crippen molar-refractivity contribution in [1.29, 1.82) is 0 Å². The first-order valence-corrected chi connectivity index (χ1v) is 9.73. The summed E-state index contributed by atoms with van der Waals surface area (Å²) in [5.41, 5.74) is 0.953. The SMILES string of the molecule is CCOc1cccc(C2C(C(C)=O)=C(O)C(=O)N2CCN2CCCCC2)c1. The van der Waals surface area contributed by atoms with E-state index in [-0.39, 0.29) is 11.4 Å². The lowest BCUT2D eigenvalue weighted by Gasteiger charge is -2.31. The van der Waals surface area contributed by atoms with Crippen LogP contribution in [0.1, 0.15) is 44.7 Å². The normalized spacial score (nSPS) is 21.0. The number of carbonyl (C=O) groups excluding carboxylic acids is 2. The number of ether oxygens (including phenoxy) is 1. The summed E-state index contributed by atoms with van der Waals surface area (Å²) < 4.78 is 5.57. The highest BCUT2D eigenvalue weighted by atomic mass is 16.5. The Kier molecular flexibility index (Phi) is 6.16. The minimum Gasteiger partial charge on any atom is -0.503 e. The number of nitrogens with zero attached hydrogens (tertiary/aromatic N) is 2. The summed E-state index contributed by atoms with van der Waals surface area (Å²) >= 11 is 0. The van der Waals surface area contributed by atoms with Gasteiger partial charge in [-0.15, -0.1) is 0 Å². The molecule has 1 unspecified atom stereocenters. The van der Waals surface area contributed by atoms with Crippen molar-refractivity contribution < 1.29 is 19.4 Å². The average molecular weight is 372 g/mol. The molecule has 1 amide bonds. The molecule has 1 atom stereocenters. The van der Waals surface area contributed by atoms with Crippen molar-refractivity contribution in [2.45, 2.75) is 39.2 Å². The van der Waals surface area contributed by atoms with Crippen LogP contribution in [-0.4, -0.2) is 59.4 Å². The highest BCUT2D eigenvalue weighted by Crippen LogP contribution is 2.38. The highest BCUT2D eigenvalue weighted by molar-refractivity contribution is 6.08. The van der Waals surface area contributed by atoms with Crippen LogP contribution in [0.4, 0.5) is 0 Å². The summed E-state index contributed by atoms with van der Waals surface area (Å²) in [7, 11) is 0. The molecule has 2 aliphatic heterocycles. The number of aliphatic hydroxyl groups is 1. The number of rotatable bonds is 7. The Bertz CT molecular complexity index is 737. The first-order valence-electron chi connectivity index (χ1n) is 9.73. The fraction of sp³-hybridized carbons (Fsp3) is 0.524. The van der Waals surface area contributed by atoms with Crippen LogP contribution in [0, 0.1) is 0 Å². The predicted molar refractivity (Wildman–Crippen MR) is 103 cm³/mol. The lowest BCUT2D eigenvalue weighted by molar-refractivity contribution is -0.129. The zero-order valence-electron chi connectivity index (χ0n) is 16.1. The minimum absolute atomic E-state index is 0.173. The second-order valence-corrected chi connectivity index (χ2v) is 7.13. The molecule has 1 fully saturated rings. The quantitative estimate of drug-likeness (QED) is 0.797. The van der Waals surface area contributed by atoms with E-state index in [0.29, 0.717) is 18.9 Å². The molecule has 1 saturated heterocycles. The van der Waals surface area contributed by atoms with E-state index in [1.807, 2.05) is 31.2 Å². The minimum atomic E-state index is -0.569. The van der Waals surface area contributed by atoms with Crippen LogP contribution in [0.25, 0.3) is 0 Å². The largest absolute Gasteiger partial charge is 0.503 e. The molecule has 0 saturated carbocycles. The molecule has 0 bridgehead atoms. The van der Waals surface area contributed by atoms with Crippen molar-refractivity contribution in [3.05, 3.63) is 41.2 Å². The standard InChI is InChI=1S/C21H28N2O4/c1-3-27-17-9-7-8-16(14-17)19-18(15(2)24)20(25)21(26)23(19)13-12-22-10-5-4-6-11-22/h7-9,14,19,25H,3-6,10-13H2,1-2H3. The molecule has 0 radical (unpaired) electrons. The van der Waals surface area contributed by atoms with Crippen LogP contribution in [-0.2, 0) is 9.59 Å². The van der Waals surface area contributed by atoms with Gasteiger partial charge in [0.15, 0.2) is 11.5 Å². The van der Waals surface area contributed by atoms with Gasteiger partial charge in [0.25, 0.3) is 5.91 Å². The molecule has 3 rings (SSSR count). The fourth-order valence-corrected chi connectivity index (χ4v) is 3.96. The molecule has 6 heteroatoms. The monoisotopic (exact) mass is 372 g/mol. The molecule has 27 heavy (non-hydrogen) atoms. The summed E-state index contributed by atoms with van der Waals surface area (Å²) in [5, 5.41) is 10.4. The molecule has 146 valence electrons. The molecule has 1 aromatic carbocycles. The molecule has 0 spiro atoms. The number of Topliss-reactive ketones (excluding diaryl/α,β-unsaturated/α-hetero) is 1. The zero-order valence-corrected chi connectivity index (χ0v) is 16.1. The van der Waals surface area contributed by atoms with Gasteiger partial charge in [-0.3, -0.25) is 9.59 Å². The second kappa shape index (κ2) is 8.57. The molecule has 2 aliphatic rings. The van der Waals surface area contributed by atoms with Crippen molar-refractivity contribution >= 4 is 11.7 Å². The smallest absolute Gasteiger partial charge is 0.290 e. The van der Waals surface area contributed by atoms with Gasteiger partial charge in [-0.2, -0.15) is 0 Å². The third-order valence-corrected chi connectivity index (χ3v) is 5.27. The molecule has 2 heterocycles. The van der Waals surface area contributed by atoms with Gasteiger partial charge in [0.2, 0.25) is 0 Å². The molecule has 1 N–H and O–H groups in total. The van der Waals surface area contributed by atoms with Gasteiger partial charge in [0, 0.05) is 13.1 Å². The average Bonchev–Trinajstić information content (AvgIpc) is 2.92. The predicted octanol–water partition coefficient (Wildman–Crippen LogP) is 2.86. The number of likely N-dealkylation sites (tertiary alicyclic amines) is 1. The molecule has 6 nitrogen and oxygen atoms in total. The highest BCUT2D eigenvalue weighted by Gasteiger charge is 2.42. The summed E-state index contributed by atoms with van der Waals surface area (Å²) in [6, 6.07) is 6.84. The van der Waals surface area contributed by atoms with E-state index in [4.69, 9.17) is 4.74 Å². The van der Waals surface area contributed by atoms with E-state index in [1.54, 1.807) is 4.90 Å². The zero-order chi connectivity index (χ0) is 19.4. The number of carbonyl (C=O) groups is 2. The molecule has 0 aliphatic carbocycles. The Morgan fingerprint density at radius 1 is 1.22 bits per heavy atom. The van der Waals surface area contributed by atoms with Crippen molar-refractivity contribution in [1.82, 2.24) is 9.80 Å². The number of amides is 1. The van der Waals surface area contributed by atoms with Crippen molar-refractivity contribution in [3.63, 3.8) is 0 Å². The van der Waals surface area contributed by atoms with Crippen molar-refractivity contribution in [3.8, 4) is 5.75 Å². The van der Waals surface area contributed by atoms with Gasteiger partial charge >= 0.3 is 0 Å². The third kappa shape index (κ3) is 4.16. The third-order valence-electron chi connectivity index (χ3n) is 5.27. The number of hydrogen-bond donors (Lipinski definition) is 1. The topological polar surface area (TPSA) is 70.1 Å². The van der Waals surface area contributed by atoms with Crippen LogP contribution < -0.4 is 4.74 Å². The van der Waals surface area contributed by atoms with Gasteiger partial charge in [0.1, 0.15) is 5.75 Å². The van der Waals surface area contributed by atoms with E-state index in [0.717, 1.165) is 25.2 Å². The van der Waals surface area contributed by atoms with Crippen LogP contribution in [0.5, 0.6) is 5.75 Å². The Labute approximate surface area is 160 Å². The first kappa shape index (κ1) is 19.4. The number of hydrogen-bond acceptors (Lipinski definition) is 5. The second-order valence-electron chi connectivity index (χ2n) is 7.13. The maximum atomic E-state index is 12.7. The lowest BCUT2D eigenvalue weighted by Crippen LogP contribution is -2.40. The Morgan fingerprint density at radius 3 is 2.63 bits per heavy atom. The van der Waals surface area contributed by atoms with Crippen molar-refractivity contribution in [2.75, 3.05) is 32.8 Å². The van der Waals surface area contributed by atoms with E-state index < -0.39 is 17.7 Å². The van der Waals surface area contributed by atoms with E-state index in [9.17, 15) is 14.7 Å². The number of aliphatic hydroxyl groups excluding tert-OH is 1. The Hall–Kier alpha value is -2.34. The number of ketones is 1. The maximum Gasteiger partial charge on any atom is 0.290 e. The fourth-order valence-electron chi connectivity index (χ4n) is 3.96. The number of piperidine rings is 1. The van der Waals surface area contributed by atoms with E-state index in [2.05, 4.69) is 4.90 Å². The first-order chi connectivity index (χ1) is 13.0. The molecular formula is C21H28N2O4. The summed E-state index contributed by atoms with van der Waals surface area (Å²) in [5.74, 6) is -0.488. The summed E-state index contributed by atoms with van der Waals surface area (Å²) in [6.45, 7) is 7.12. The summed E-state index contributed by atoms with van der Waals surface area (Å²) in [4.78, 5) is 28.9. The summed E-state index contributed by atoms with van der Waals surface area (Å²) in [6.07, 6.45) is 3.61. The van der Waals surface area contributed by atoms with Gasteiger partial charge in [-0.1, -0.05) is 18.6 Å². The molecule has 1 aromatic rings. The number of benzene rings is 1. The van der Waals surface area contributed by atoms with Gasteiger partial charge in [-0.25, -0.2) is 0 Å². The van der Waals surface area contributed by atoms with Crippen LogP contribution in [0.3, 0.4) is 0 Å². The molecular weight excluding hydrogens is 344 g/mol. The van der Waals surface area contributed by atoms with Gasteiger partial charge in [0.05, 0.1) is 18.2 Å². The van der Waals surface area contributed by atoms with Crippen LogP contribution in [0.2, 0.25) is 0 Å². The van der Waals surface area contributed by atoms with Gasteiger partial charge < -0.3 is 19.6 Å². The van der Waals surface area contributed by atoms with Gasteiger partial charge in [-0.05, 0) is 57.5 Å². The molecule has 0 aromatic heterocycles. The van der Waals surface area contributed by atoms with Crippen LogP contribution >= 0.6 is 0 Å². The van der Waals surface area contributed by atoms with E-state index >= 15 is 0 Å². The maximum absolute atomic E-state index is 12.7. The Balaban J connectivity index is 1.87. The Morgan fingerprint density at radius 2 is 1.96 bits per heavy atom. The van der Waals surface area contributed by atoms with Crippen LogP contribution in [0.15, 0.2) is 35.6 Å². The lowest BCUT2D eigenvalue weighted by atomic mass is 9.96.